The Hall–Kier alpha value is -0.410. The summed E-state index contributed by atoms with van der Waals surface area (Å²) < 4.78 is 20.0. The summed E-state index contributed by atoms with van der Waals surface area (Å²) in [5.41, 5.74) is 0.863. The van der Waals surface area contributed by atoms with Gasteiger partial charge in [-0.2, -0.15) is 0 Å². The van der Waals surface area contributed by atoms with Crippen LogP contribution in [0.1, 0.15) is 24.8 Å². The number of benzene rings is 1. The van der Waals surface area contributed by atoms with E-state index in [-0.39, 0.29) is 29.8 Å². The molecule has 7 heteroatoms. The van der Waals surface area contributed by atoms with Crippen molar-refractivity contribution in [1.82, 2.24) is 10.6 Å². The lowest BCUT2D eigenvalue weighted by Crippen LogP contribution is -2.47. The van der Waals surface area contributed by atoms with Crippen LogP contribution >= 0.6 is 39.9 Å². The zero-order chi connectivity index (χ0) is 14.8. The van der Waals surface area contributed by atoms with E-state index in [0.29, 0.717) is 24.8 Å². The number of nitrogens with one attached hydrogen (secondary N) is 2. The van der Waals surface area contributed by atoms with Gasteiger partial charge in [0.2, 0.25) is 0 Å². The van der Waals surface area contributed by atoms with Crippen molar-refractivity contribution in [3.63, 3.8) is 0 Å². The van der Waals surface area contributed by atoms with Gasteiger partial charge in [-0.05, 0) is 43.0 Å². The predicted octanol–water partition coefficient (Wildman–Crippen LogP) is 3.19. The smallest absolute Gasteiger partial charge is 0.191 e. The van der Waals surface area contributed by atoms with Crippen molar-refractivity contribution in [3.8, 4) is 0 Å². The molecular formula is C15H20BrFIN3O. The second kappa shape index (κ2) is 7.92. The third-order valence-electron chi connectivity index (χ3n) is 4.11. The van der Waals surface area contributed by atoms with Crippen LogP contribution in [0.5, 0.6) is 0 Å². The van der Waals surface area contributed by atoms with Gasteiger partial charge < -0.3 is 15.4 Å². The number of fused-ring (bicyclic) bond motifs is 2. The summed E-state index contributed by atoms with van der Waals surface area (Å²) in [6.07, 6.45) is 4.03. The molecule has 3 rings (SSSR count). The van der Waals surface area contributed by atoms with Crippen LogP contribution in [0, 0.1) is 5.82 Å². The van der Waals surface area contributed by atoms with E-state index in [1.165, 1.54) is 18.6 Å². The minimum absolute atomic E-state index is 0. The maximum Gasteiger partial charge on any atom is 0.191 e. The van der Waals surface area contributed by atoms with Gasteiger partial charge in [-0.15, -0.1) is 24.0 Å². The summed E-state index contributed by atoms with van der Waals surface area (Å²) in [4.78, 5) is 4.23. The van der Waals surface area contributed by atoms with Crippen molar-refractivity contribution in [2.24, 2.45) is 4.99 Å². The maximum atomic E-state index is 13.3. The quantitative estimate of drug-likeness (QED) is 0.394. The van der Waals surface area contributed by atoms with Crippen molar-refractivity contribution in [2.75, 3.05) is 7.05 Å². The minimum Gasteiger partial charge on any atom is -0.373 e. The van der Waals surface area contributed by atoms with Crippen molar-refractivity contribution < 1.29 is 9.13 Å². The number of hydrogen-bond donors (Lipinski definition) is 2. The molecule has 2 N–H and O–H groups in total. The number of guanidine groups is 1. The van der Waals surface area contributed by atoms with Crippen LogP contribution in [0.3, 0.4) is 0 Å². The first-order valence-corrected chi connectivity index (χ1v) is 8.01. The van der Waals surface area contributed by atoms with E-state index in [4.69, 9.17) is 4.74 Å². The lowest BCUT2D eigenvalue weighted by molar-refractivity contribution is 0.0992. The first-order chi connectivity index (χ1) is 10.2. The van der Waals surface area contributed by atoms with Crippen LogP contribution in [0.4, 0.5) is 4.39 Å². The molecule has 0 aromatic heterocycles. The van der Waals surface area contributed by atoms with Crippen LogP contribution < -0.4 is 10.6 Å². The molecule has 2 saturated heterocycles. The molecule has 3 atom stereocenters. The number of ether oxygens (including phenoxy) is 1. The molecule has 22 heavy (non-hydrogen) atoms. The molecule has 2 aliphatic heterocycles. The highest BCUT2D eigenvalue weighted by Gasteiger charge is 2.41. The molecular weight excluding hydrogens is 464 g/mol. The van der Waals surface area contributed by atoms with Gasteiger partial charge in [0, 0.05) is 18.1 Å². The number of rotatable bonds is 3. The molecule has 0 aliphatic carbocycles. The Balaban J connectivity index is 0.00000176. The molecule has 3 unspecified atom stereocenters. The van der Waals surface area contributed by atoms with Gasteiger partial charge in [0.1, 0.15) is 5.82 Å². The summed E-state index contributed by atoms with van der Waals surface area (Å²) >= 11 is 3.43. The molecule has 4 nitrogen and oxygen atoms in total. The molecule has 2 fully saturated rings. The molecule has 1 aromatic carbocycles. The summed E-state index contributed by atoms with van der Waals surface area (Å²) in [6, 6.07) is 5.00. The van der Waals surface area contributed by atoms with E-state index in [1.807, 2.05) is 0 Å². The van der Waals surface area contributed by atoms with Crippen LogP contribution in [0.25, 0.3) is 0 Å². The number of aliphatic imine (C=N–C) groups is 1. The van der Waals surface area contributed by atoms with Gasteiger partial charge in [-0.25, -0.2) is 4.39 Å². The first-order valence-electron chi connectivity index (χ1n) is 7.22. The van der Waals surface area contributed by atoms with Crippen molar-refractivity contribution in [2.45, 2.75) is 44.1 Å². The van der Waals surface area contributed by atoms with E-state index < -0.39 is 0 Å². The fourth-order valence-electron chi connectivity index (χ4n) is 3.02. The van der Waals surface area contributed by atoms with E-state index in [0.717, 1.165) is 28.8 Å². The highest BCUT2D eigenvalue weighted by atomic mass is 127. The number of nitrogens with zero attached hydrogens (tertiary/aromatic N) is 1. The van der Waals surface area contributed by atoms with Crippen molar-refractivity contribution >= 4 is 45.9 Å². The van der Waals surface area contributed by atoms with E-state index >= 15 is 0 Å². The Kier molecular flexibility index (Phi) is 6.46. The number of halogens is 3. The summed E-state index contributed by atoms with van der Waals surface area (Å²) in [5, 5.41) is 6.63. The second-order valence-corrected chi connectivity index (χ2v) is 6.38. The molecule has 0 radical (unpaired) electrons. The second-order valence-electron chi connectivity index (χ2n) is 5.52. The van der Waals surface area contributed by atoms with Crippen LogP contribution in [-0.2, 0) is 11.3 Å². The fraction of sp³-hybridized carbons (Fsp3) is 0.533. The van der Waals surface area contributed by atoms with Gasteiger partial charge in [0.05, 0.1) is 18.2 Å². The lowest BCUT2D eigenvalue weighted by Gasteiger charge is -2.22. The topological polar surface area (TPSA) is 45.7 Å². The summed E-state index contributed by atoms with van der Waals surface area (Å²) in [6.45, 7) is 0.514. The largest absolute Gasteiger partial charge is 0.373 e. The molecule has 1 aromatic rings. The molecule has 2 aliphatic rings. The monoisotopic (exact) mass is 483 g/mol. The predicted molar refractivity (Wildman–Crippen MR) is 99.1 cm³/mol. The molecule has 0 amide bonds. The third-order valence-corrected chi connectivity index (χ3v) is 4.88. The SMILES string of the molecule is CN=C(NCc1cc(F)ccc1Br)NC1CC2CCC1O2.I. The van der Waals surface area contributed by atoms with E-state index in [1.54, 1.807) is 13.1 Å². The maximum absolute atomic E-state index is 13.3. The van der Waals surface area contributed by atoms with Gasteiger partial charge in [-0.1, -0.05) is 15.9 Å². The van der Waals surface area contributed by atoms with Crippen molar-refractivity contribution in [3.05, 3.63) is 34.1 Å². The zero-order valence-corrected chi connectivity index (χ0v) is 16.2. The van der Waals surface area contributed by atoms with E-state index in [2.05, 4.69) is 31.6 Å². The molecule has 122 valence electrons. The Morgan fingerprint density at radius 1 is 1.45 bits per heavy atom. The molecule has 2 bridgehead atoms. The highest BCUT2D eigenvalue weighted by molar-refractivity contribution is 14.0. The average molecular weight is 484 g/mol. The van der Waals surface area contributed by atoms with Gasteiger partial charge in [-0.3, -0.25) is 4.99 Å². The van der Waals surface area contributed by atoms with Gasteiger partial charge in [0.25, 0.3) is 0 Å². The Morgan fingerprint density at radius 3 is 2.91 bits per heavy atom. The standard InChI is InChI=1S/C15H19BrFN3O.HI/c1-18-15(20-13-7-11-3-5-14(13)21-11)19-8-9-6-10(17)2-4-12(9)16;/h2,4,6,11,13-14H,3,5,7-8H2,1H3,(H2,18,19,20);1H. The molecule has 0 saturated carbocycles. The Morgan fingerprint density at radius 2 is 2.27 bits per heavy atom. The summed E-state index contributed by atoms with van der Waals surface area (Å²) in [7, 11) is 1.74. The van der Waals surface area contributed by atoms with Crippen molar-refractivity contribution in [1.29, 1.82) is 0 Å². The third kappa shape index (κ3) is 4.11. The first kappa shape index (κ1) is 17.9. The summed E-state index contributed by atoms with van der Waals surface area (Å²) in [5.74, 6) is 0.492. The Labute approximate surface area is 155 Å². The zero-order valence-electron chi connectivity index (χ0n) is 12.3. The molecule has 0 spiro atoms. The van der Waals surface area contributed by atoms with Gasteiger partial charge in [0.15, 0.2) is 5.96 Å². The lowest BCUT2D eigenvalue weighted by atomic mass is 9.96. The van der Waals surface area contributed by atoms with Crippen LogP contribution in [0.15, 0.2) is 27.7 Å². The van der Waals surface area contributed by atoms with Crippen LogP contribution in [0.2, 0.25) is 0 Å². The normalized spacial score (nSPS) is 26.7. The molecule has 2 heterocycles. The minimum atomic E-state index is -0.237. The fourth-order valence-corrected chi connectivity index (χ4v) is 3.40. The average Bonchev–Trinajstić information content (AvgIpc) is 3.09. The van der Waals surface area contributed by atoms with E-state index in [9.17, 15) is 4.39 Å². The highest BCUT2D eigenvalue weighted by Crippen LogP contribution is 2.34. The Bertz CT molecular complexity index is 558. The van der Waals surface area contributed by atoms with Gasteiger partial charge >= 0.3 is 0 Å². The van der Waals surface area contributed by atoms with Crippen LogP contribution in [-0.4, -0.2) is 31.3 Å². The number of hydrogen-bond acceptors (Lipinski definition) is 2.